The number of esters is 1. The van der Waals surface area contributed by atoms with Gasteiger partial charge in [0, 0.05) is 18.1 Å². The Morgan fingerprint density at radius 1 is 1.06 bits per heavy atom. The number of furan rings is 1. The third kappa shape index (κ3) is 4.73. The number of hydrogen-bond acceptors (Lipinski definition) is 8. The van der Waals surface area contributed by atoms with Crippen molar-refractivity contribution in [3.63, 3.8) is 0 Å². The summed E-state index contributed by atoms with van der Waals surface area (Å²) in [6.07, 6.45) is 1.89. The lowest BCUT2D eigenvalue weighted by Crippen LogP contribution is -2.28. The van der Waals surface area contributed by atoms with E-state index in [0.717, 1.165) is 28.0 Å². The van der Waals surface area contributed by atoms with Crippen molar-refractivity contribution in [1.29, 1.82) is 0 Å². The van der Waals surface area contributed by atoms with Gasteiger partial charge in [-0.25, -0.2) is 4.79 Å². The number of carbonyl (C=O) groups excluding carboxylic acids is 1. The van der Waals surface area contributed by atoms with Gasteiger partial charge in [0.15, 0.2) is 0 Å². The molecule has 0 aliphatic heterocycles. The fraction of sp³-hybridized carbons (Fsp3) is 0.148. The number of hydrogen-bond donors (Lipinski definition) is 0. The van der Waals surface area contributed by atoms with Crippen LogP contribution in [-0.2, 0) is 11.2 Å². The van der Waals surface area contributed by atoms with Crippen LogP contribution in [0.2, 0.25) is 0 Å². The number of benzene rings is 2. The minimum absolute atomic E-state index is 0.212. The fourth-order valence-electron chi connectivity index (χ4n) is 3.65. The van der Waals surface area contributed by atoms with Crippen molar-refractivity contribution in [3.8, 4) is 11.3 Å². The van der Waals surface area contributed by atoms with Crippen LogP contribution in [0.25, 0.3) is 22.4 Å². The van der Waals surface area contributed by atoms with Crippen LogP contribution in [0.5, 0.6) is 0 Å². The maximum atomic E-state index is 13.0. The highest BCUT2D eigenvalue weighted by atomic mass is 32.1. The molecule has 2 aromatic carbocycles. The van der Waals surface area contributed by atoms with Crippen molar-refractivity contribution in [1.82, 2.24) is 14.6 Å². The average Bonchev–Trinajstić information content (AvgIpc) is 3.46. The molecule has 0 spiro atoms. The van der Waals surface area contributed by atoms with Crippen LogP contribution < -0.4 is 15.7 Å². The molecule has 0 aliphatic rings. The zero-order valence-electron chi connectivity index (χ0n) is 19.6. The molecule has 0 aliphatic carbocycles. The lowest BCUT2D eigenvalue weighted by molar-refractivity contribution is 0.0526. The van der Waals surface area contributed by atoms with Gasteiger partial charge in [0.25, 0.3) is 11.1 Å². The summed E-state index contributed by atoms with van der Waals surface area (Å²) in [5.74, 6) is 0.663. The van der Waals surface area contributed by atoms with Crippen molar-refractivity contribution < 1.29 is 13.9 Å². The molecule has 3 aromatic heterocycles. The van der Waals surface area contributed by atoms with E-state index in [1.165, 1.54) is 4.52 Å². The monoisotopic (exact) mass is 499 g/mol. The summed E-state index contributed by atoms with van der Waals surface area (Å²) in [6, 6.07) is 18.2. The van der Waals surface area contributed by atoms with E-state index in [4.69, 9.17) is 9.15 Å². The van der Waals surface area contributed by atoms with E-state index in [1.807, 2.05) is 31.2 Å². The average molecular weight is 500 g/mol. The van der Waals surface area contributed by atoms with Gasteiger partial charge in [-0.3, -0.25) is 9.59 Å². The third-order valence-corrected chi connectivity index (χ3v) is 6.48. The SMILES string of the molecule is CCOC(=O)c1ccc(-c2ccc(C=c3sc4nc(=O)c(Cc5ccc(C)cc5)nn4c3=O)o2)cc1. The summed E-state index contributed by atoms with van der Waals surface area (Å²) >= 11 is 1.07. The number of rotatable bonds is 6. The molecule has 0 unspecified atom stereocenters. The van der Waals surface area contributed by atoms with Crippen LogP contribution in [0.15, 0.2) is 74.7 Å². The fourth-order valence-corrected chi connectivity index (χ4v) is 4.54. The normalized spacial score (nSPS) is 11.8. The Labute approximate surface area is 209 Å². The topological polar surface area (TPSA) is 104 Å². The van der Waals surface area contributed by atoms with Crippen LogP contribution in [0.1, 0.15) is 39.9 Å². The largest absolute Gasteiger partial charge is 0.462 e. The van der Waals surface area contributed by atoms with Crippen molar-refractivity contribution in [2.75, 3.05) is 6.61 Å². The van der Waals surface area contributed by atoms with E-state index in [2.05, 4.69) is 10.1 Å². The molecular formula is C27H21N3O5S. The lowest BCUT2D eigenvalue weighted by atomic mass is 10.1. The molecule has 0 fully saturated rings. The van der Waals surface area contributed by atoms with Gasteiger partial charge in [0.1, 0.15) is 21.7 Å². The van der Waals surface area contributed by atoms with Gasteiger partial charge in [-0.05, 0) is 43.7 Å². The highest BCUT2D eigenvalue weighted by Crippen LogP contribution is 2.23. The van der Waals surface area contributed by atoms with E-state index in [0.29, 0.717) is 34.6 Å². The molecule has 9 heteroatoms. The predicted octanol–water partition coefficient (Wildman–Crippen LogP) is 3.39. The lowest BCUT2D eigenvalue weighted by Gasteiger charge is -2.02. The zero-order valence-corrected chi connectivity index (χ0v) is 20.4. The first-order valence-electron chi connectivity index (χ1n) is 11.3. The molecule has 0 amide bonds. The molecule has 36 heavy (non-hydrogen) atoms. The molecule has 0 radical (unpaired) electrons. The Morgan fingerprint density at radius 2 is 1.81 bits per heavy atom. The van der Waals surface area contributed by atoms with Gasteiger partial charge in [-0.1, -0.05) is 53.3 Å². The first-order chi connectivity index (χ1) is 17.4. The van der Waals surface area contributed by atoms with Gasteiger partial charge in [-0.2, -0.15) is 14.6 Å². The molecule has 8 nitrogen and oxygen atoms in total. The molecular weight excluding hydrogens is 478 g/mol. The molecule has 180 valence electrons. The van der Waals surface area contributed by atoms with Gasteiger partial charge in [0.2, 0.25) is 4.96 Å². The van der Waals surface area contributed by atoms with Gasteiger partial charge >= 0.3 is 5.97 Å². The maximum absolute atomic E-state index is 13.0. The Balaban J connectivity index is 1.44. The summed E-state index contributed by atoms with van der Waals surface area (Å²) in [4.78, 5) is 41.6. The summed E-state index contributed by atoms with van der Waals surface area (Å²) in [6.45, 7) is 4.05. The first-order valence-corrected chi connectivity index (χ1v) is 12.1. The summed E-state index contributed by atoms with van der Waals surface area (Å²) in [5, 5.41) is 4.29. The Kier molecular flexibility index (Phi) is 6.30. The molecule has 5 rings (SSSR count). The van der Waals surface area contributed by atoms with E-state index in [9.17, 15) is 14.4 Å². The number of carbonyl (C=O) groups is 1. The number of thiazole rings is 1. The van der Waals surface area contributed by atoms with Crippen LogP contribution in [0, 0.1) is 6.92 Å². The number of aromatic nitrogens is 3. The first kappa shape index (κ1) is 23.4. The van der Waals surface area contributed by atoms with Crippen LogP contribution in [-0.4, -0.2) is 27.2 Å². The van der Waals surface area contributed by atoms with Crippen molar-refractivity contribution in [2.24, 2.45) is 0 Å². The molecule has 0 bridgehead atoms. The van der Waals surface area contributed by atoms with Crippen molar-refractivity contribution in [3.05, 3.63) is 114 Å². The minimum Gasteiger partial charge on any atom is -0.462 e. The summed E-state index contributed by atoms with van der Waals surface area (Å²) in [5.41, 5.74) is 2.66. The quantitative estimate of drug-likeness (QED) is 0.330. The van der Waals surface area contributed by atoms with Crippen molar-refractivity contribution in [2.45, 2.75) is 20.3 Å². The molecule has 0 atom stereocenters. The second-order valence-corrected chi connectivity index (χ2v) is 9.15. The second-order valence-electron chi connectivity index (χ2n) is 8.14. The molecule has 5 aromatic rings. The molecule has 0 saturated heterocycles. The Bertz CT molecular complexity index is 1730. The van der Waals surface area contributed by atoms with Crippen LogP contribution in [0.4, 0.5) is 0 Å². The Morgan fingerprint density at radius 3 is 2.53 bits per heavy atom. The van der Waals surface area contributed by atoms with Gasteiger partial charge < -0.3 is 9.15 Å². The van der Waals surface area contributed by atoms with Crippen LogP contribution >= 0.6 is 11.3 Å². The van der Waals surface area contributed by atoms with E-state index in [1.54, 1.807) is 49.4 Å². The highest BCUT2D eigenvalue weighted by Gasteiger charge is 2.13. The number of fused-ring (bicyclic) bond motifs is 1. The number of ether oxygens (including phenoxy) is 1. The van der Waals surface area contributed by atoms with E-state index in [-0.39, 0.29) is 22.2 Å². The van der Waals surface area contributed by atoms with Gasteiger partial charge in [-0.15, -0.1) is 0 Å². The predicted molar refractivity (Wildman–Crippen MR) is 136 cm³/mol. The zero-order chi connectivity index (χ0) is 25.2. The van der Waals surface area contributed by atoms with Crippen molar-refractivity contribution >= 4 is 28.3 Å². The maximum Gasteiger partial charge on any atom is 0.338 e. The minimum atomic E-state index is -0.449. The summed E-state index contributed by atoms with van der Waals surface area (Å²) in [7, 11) is 0. The highest BCUT2D eigenvalue weighted by molar-refractivity contribution is 7.15. The Hall–Kier alpha value is -4.37. The standard InChI is InChI=1S/C27H21N3O5S/c1-3-34-26(33)19-10-8-18(9-11-19)22-13-12-20(35-22)15-23-25(32)30-27(36-23)28-24(31)21(29-30)14-17-6-4-16(2)5-7-17/h4-13,15H,3,14H2,1-2H3. The molecule has 0 saturated carbocycles. The van der Waals surface area contributed by atoms with E-state index >= 15 is 0 Å². The molecule has 0 N–H and O–H groups in total. The molecule has 3 heterocycles. The number of aryl methyl sites for hydroxylation is 1. The number of nitrogens with zero attached hydrogens (tertiary/aromatic N) is 3. The second kappa shape index (κ2) is 9.71. The van der Waals surface area contributed by atoms with Gasteiger partial charge in [0.05, 0.1) is 12.2 Å². The summed E-state index contributed by atoms with van der Waals surface area (Å²) < 4.78 is 12.4. The smallest absolute Gasteiger partial charge is 0.338 e. The van der Waals surface area contributed by atoms with E-state index < -0.39 is 5.56 Å². The van der Waals surface area contributed by atoms with Crippen LogP contribution in [0.3, 0.4) is 0 Å². The third-order valence-electron chi connectivity index (χ3n) is 5.52.